The summed E-state index contributed by atoms with van der Waals surface area (Å²) in [5.41, 5.74) is 18.9. The van der Waals surface area contributed by atoms with Crippen LogP contribution in [0.2, 0.25) is 0 Å². The summed E-state index contributed by atoms with van der Waals surface area (Å²) in [4.78, 5) is 23.9. The van der Waals surface area contributed by atoms with Gasteiger partial charge in [0, 0.05) is 28.3 Å². The molecule has 3 rings (SSSR count). The molecule has 6 N–H and O–H groups in total. The lowest BCUT2D eigenvalue weighted by Gasteiger charge is -2.01. The summed E-state index contributed by atoms with van der Waals surface area (Å²) in [5, 5.41) is 3.36. The van der Waals surface area contributed by atoms with Crippen molar-refractivity contribution in [2.45, 2.75) is 10.9 Å². The van der Waals surface area contributed by atoms with Crippen LogP contribution in [0, 0.1) is 0 Å². The van der Waals surface area contributed by atoms with Crippen molar-refractivity contribution in [2.75, 3.05) is 11.5 Å². The molecule has 7 nitrogen and oxygen atoms in total. The van der Waals surface area contributed by atoms with E-state index in [1.807, 2.05) is 17.5 Å². The van der Waals surface area contributed by atoms with Gasteiger partial charge in [0.1, 0.15) is 16.6 Å². The fraction of sp³-hybridized carbons (Fsp3) is 0.0667. The number of aromatic nitrogens is 3. The van der Waals surface area contributed by atoms with Crippen LogP contribution in [0.5, 0.6) is 0 Å². The molecule has 0 radical (unpaired) electrons. The van der Waals surface area contributed by atoms with Gasteiger partial charge in [0.05, 0.1) is 5.69 Å². The van der Waals surface area contributed by atoms with Gasteiger partial charge in [-0.3, -0.25) is 4.79 Å². The molecule has 1 amide bonds. The van der Waals surface area contributed by atoms with Gasteiger partial charge in [0.15, 0.2) is 5.16 Å². The normalized spacial score (nSPS) is 10.7. The average molecular weight is 358 g/mol. The van der Waals surface area contributed by atoms with E-state index in [2.05, 4.69) is 15.0 Å². The van der Waals surface area contributed by atoms with Crippen LogP contribution in [0.15, 0.2) is 40.9 Å². The number of anilines is 2. The molecule has 0 spiro atoms. The number of thioether (sulfide) groups is 1. The molecular weight excluding hydrogens is 344 g/mol. The van der Waals surface area contributed by atoms with Crippen molar-refractivity contribution in [3.8, 4) is 10.6 Å². The predicted octanol–water partition coefficient (Wildman–Crippen LogP) is 2.16. The molecule has 0 bridgehead atoms. The standard InChI is InChI=1S/C15H14N6OS2/c16-11-5-12(17)21-15(20-11)24-7-10-6-23-14(19-10)9-3-1-8(2-4-9)13(18)22/h1-6H,7H2,(H2,18,22)(H4,16,17,20,21). The Kier molecular flexibility index (Phi) is 4.63. The molecule has 0 aliphatic heterocycles. The zero-order valence-corrected chi connectivity index (χ0v) is 14.1. The summed E-state index contributed by atoms with van der Waals surface area (Å²) in [6.45, 7) is 0. The summed E-state index contributed by atoms with van der Waals surface area (Å²) < 4.78 is 0. The summed E-state index contributed by atoms with van der Waals surface area (Å²) in [5.74, 6) is 0.856. The zero-order valence-electron chi connectivity index (χ0n) is 12.5. The van der Waals surface area contributed by atoms with E-state index < -0.39 is 5.91 Å². The van der Waals surface area contributed by atoms with Crippen molar-refractivity contribution in [3.63, 3.8) is 0 Å². The van der Waals surface area contributed by atoms with E-state index in [1.54, 1.807) is 12.1 Å². The van der Waals surface area contributed by atoms with E-state index in [0.29, 0.717) is 28.1 Å². The Labute approximate surface area is 146 Å². The third-order valence-corrected chi connectivity index (χ3v) is 4.88. The van der Waals surface area contributed by atoms with Crippen LogP contribution < -0.4 is 17.2 Å². The minimum atomic E-state index is -0.445. The number of rotatable bonds is 5. The van der Waals surface area contributed by atoms with Crippen molar-refractivity contribution in [1.29, 1.82) is 0 Å². The molecule has 2 aromatic heterocycles. The highest BCUT2D eigenvalue weighted by atomic mass is 32.2. The van der Waals surface area contributed by atoms with Gasteiger partial charge in [-0.05, 0) is 12.1 Å². The van der Waals surface area contributed by atoms with Crippen molar-refractivity contribution < 1.29 is 4.79 Å². The Hall–Kier alpha value is -2.65. The van der Waals surface area contributed by atoms with Crippen LogP contribution in [0.25, 0.3) is 10.6 Å². The minimum absolute atomic E-state index is 0.346. The first-order chi connectivity index (χ1) is 11.5. The molecule has 122 valence electrons. The van der Waals surface area contributed by atoms with Crippen molar-refractivity contribution >= 4 is 40.6 Å². The van der Waals surface area contributed by atoms with Crippen LogP contribution in [0.3, 0.4) is 0 Å². The lowest BCUT2D eigenvalue weighted by Crippen LogP contribution is -2.10. The maximum absolute atomic E-state index is 11.1. The van der Waals surface area contributed by atoms with Gasteiger partial charge in [-0.2, -0.15) is 0 Å². The van der Waals surface area contributed by atoms with Gasteiger partial charge in [-0.25, -0.2) is 15.0 Å². The summed E-state index contributed by atoms with van der Waals surface area (Å²) in [7, 11) is 0. The molecule has 0 aliphatic carbocycles. The average Bonchev–Trinajstić information content (AvgIpc) is 3.01. The molecule has 0 aliphatic rings. The number of benzene rings is 1. The third-order valence-electron chi connectivity index (χ3n) is 3.06. The Morgan fingerprint density at radius 3 is 2.38 bits per heavy atom. The molecule has 1 aromatic carbocycles. The monoisotopic (exact) mass is 358 g/mol. The van der Waals surface area contributed by atoms with Gasteiger partial charge < -0.3 is 17.2 Å². The number of primary amides is 1. The molecular formula is C15H14N6OS2. The Morgan fingerprint density at radius 1 is 1.08 bits per heavy atom. The number of carbonyl (C=O) groups is 1. The highest BCUT2D eigenvalue weighted by Gasteiger charge is 2.08. The molecule has 0 unspecified atom stereocenters. The molecule has 2 heterocycles. The third kappa shape index (κ3) is 3.81. The van der Waals surface area contributed by atoms with E-state index in [4.69, 9.17) is 17.2 Å². The van der Waals surface area contributed by atoms with E-state index in [0.717, 1.165) is 16.3 Å². The molecule has 9 heteroatoms. The van der Waals surface area contributed by atoms with Crippen LogP contribution >= 0.6 is 23.1 Å². The Morgan fingerprint density at radius 2 is 1.75 bits per heavy atom. The fourth-order valence-corrected chi connectivity index (χ4v) is 3.64. The van der Waals surface area contributed by atoms with Crippen LogP contribution in [-0.2, 0) is 5.75 Å². The minimum Gasteiger partial charge on any atom is -0.383 e. The predicted molar refractivity (Wildman–Crippen MR) is 96.5 cm³/mol. The second kappa shape index (κ2) is 6.85. The highest BCUT2D eigenvalue weighted by Crippen LogP contribution is 2.27. The number of nitrogens with two attached hydrogens (primary N) is 3. The zero-order chi connectivity index (χ0) is 17.1. The number of hydrogen-bond acceptors (Lipinski definition) is 8. The topological polar surface area (TPSA) is 134 Å². The molecule has 0 fully saturated rings. The first kappa shape index (κ1) is 16.2. The SMILES string of the molecule is NC(=O)c1ccc(-c2nc(CSc3nc(N)cc(N)n3)cs2)cc1. The second-order valence-corrected chi connectivity index (χ2v) is 6.68. The van der Waals surface area contributed by atoms with Gasteiger partial charge in [-0.1, -0.05) is 23.9 Å². The second-order valence-electron chi connectivity index (χ2n) is 4.87. The Bertz CT molecular complexity index is 858. The van der Waals surface area contributed by atoms with E-state index in [1.165, 1.54) is 29.2 Å². The first-order valence-corrected chi connectivity index (χ1v) is 8.75. The number of hydrogen-bond donors (Lipinski definition) is 3. The van der Waals surface area contributed by atoms with Crippen molar-refractivity contribution in [1.82, 2.24) is 15.0 Å². The molecule has 0 saturated carbocycles. The number of amides is 1. The van der Waals surface area contributed by atoms with Gasteiger partial charge in [0.2, 0.25) is 5.91 Å². The van der Waals surface area contributed by atoms with Crippen LogP contribution in [0.1, 0.15) is 16.1 Å². The van der Waals surface area contributed by atoms with Gasteiger partial charge in [-0.15, -0.1) is 11.3 Å². The van der Waals surface area contributed by atoms with Crippen LogP contribution in [0.4, 0.5) is 11.6 Å². The molecule has 24 heavy (non-hydrogen) atoms. The van der Waals surface area contributed by atoms with E-state index in [9.17, 15) is 4.79 Å². The van der Waals surface area contributed by atoms with Crippen molar-refractivity contribution in [3.05, 3.63) is 47.0 Å². The number of nitrogen functional groups attached to an aromatic ring is 2. The number of carbonyl (C=O) groups excluding carboxylic acids is 1. The maximum Gasteiger partial charge on any atom is 0.248 e. The fourth-order valence-electron chi connectivity index (χ4n) is 1.95. The Balaban J connectivity index is 1.70. The van der Waals surface area contributed by atoms with E-state index in [-0.39, 0.29) is 0 Å². The van der Waals surface area contributed by atoms with Gasteiger partial charge in [0.25, 0.3) is 0 Å². The molecule has 0 atom stereocenters. The summed E-state index contributed by atoms with van der Waals surface area (Å²) >= 11 is 2.95. The molecule has 0 saturated heterocycles. The van der Waals surface area contributed by atoms with Crippen molar-refractivity contribution in [2.24, 2.45) is 5.73 Å². The van der Waals surface area contributed by atoms with Gasteiger partial charge >= 0.3 is 0 Å². The number of thiazole rings is 1. The first-order valence-electron chi connectivity index (χ1n) is 6.89. The smallest absolute Gasteiger partial charge is 0.248 e. The highest BCUT2D eigenvalue weighted by molar-refractivity contribution is 7.98. The number of nitrogens with zero attached hydrogens (tertiary/aromatic N) is 3. The van der Waals surface area contributed by atoms with Crippen LogP contribution in [-0.4, -0.2) is 20.9 Å². The lowest BCUT2D eigenvalue weighted by atomic mass is 10.1. The quantitative estimate of drug-likeness (QED) is 0.470. The maximum atomic E-state index is 11.1. The largest absolute Gasteiger partial charge is 0.383 e. The van der Waals surface area contributed by atoms with E-state index >= 15 is 0 Å². The lowest BCUT2D eigenvalue weighted by molar-refractivity contribution is 0.100. The summed E-state index contributed by atoms with van der Waals surface area (Å²) in [6.07, 6.45) is 0. The molecule has 3 aromatic rings. The summed E-state index contributed by atoms with van der Waals surface area (Å²) in [6, 6.07) is 8.56.